The lowest BCUT2D eigenvalue weighted by molar-refractivity contribution is -0.125. The maximum Gasteiger partial charge on any atom is 0.220 e. The van der Waals surface area contributed by atoms with Crippen molar-refractivity contribution in [1.29, 1.82) is 0 Å². The SMILES string of the molecule is O=C(CCCCCCCCCCBr)N[C@@H]1CCCC[C@H]1NC(=O)CCCCCCCCCCBr. The van der Waals surface area contributed by atoms with Crippen molar-refractivity contribution >= 4 is 43.7 Å². The minimum Gasteiger partial charge on any atom is -0.351 e. The van der Waals surface area contributed by atoms with Crippen LogP contribution in [0.4, 0.5) is 0 Å². The Morgan fingerprint density at radius 3 is 1.12 bits per heavy atom. The molecule has 2 atom stereocenters. The van der Waals surface area contributed by atoms with Gasteiger partial charge in [0.2, 0.25) is 11.8 Å². The van der Waals surface area contributed by atoms with Crippen LogP contribution in [0.25, 0.3) is 0 Å². The number of nitrogens with one attached hydrogen (secondary N) is 2. The number of unbranched alkanes of at least 4 members (excludes halogenated alkanes) is 14. The lowest BCUT2D eigenvalue weighted by Gasteiger charge is -2.33. The zero-order valence-electron chi connectivity index (χ0n) is 21.7. The molecule has 1 aliphatic rings. The van der Waals surface area contributed by atoms with Crippen molar-refractivity contribution in [3.05, 3.63) is 0 Å². The Kier molecular flexibility index (Phi) is 21.9. The number of carbonyl (C=O) groups is 2. The maximum atomic E-state index is 12.5. The molecule has 0 saturated heterocycles. The van der Waals surface area contributed by atoms with E-state index in [0.29, 0.717) is 12.8 Å². The summed E-state index contributed by atoms with van der Waals surface area (Å²) in [5, 5.41) is 8.72. The van der Waals surface area contributed by atoms with Crippen molar-refractivity contribution in [2.45, 2.75) is 153 Å². The van der Waals surface area contributed by atoms with Gasteiger partial charge in [0, 0.05) is 35.6 Å². The third-order valence-electron chi connectivity index (χ3n) is 7.03. The standard InChI is InChI=1S/C28H52Br2N2O2/c29-23-17-11-7-3-1-5-9-13-21-27(33)31-25-19-15-16-20-26(25)32-28(34)22-14-10-6-2-4-8-12-18-24-30/h25-26H,1-24H2,(H,31,33)(H,32,34)/t25-,26-/m1/s1. The van der Waals surface area contributed by atoms with E-state index < -0.39 is 0 Å². The molecule has 0 radical (unpaired) electrons. The largest absolute Gasteiger partial charge is 0.351 e. The maximum absolute atomic E-state index is 12.5. The van der Waals surface area contributed by atoms with E-state index in [-0.39, 0.29) is 23.9 Å². The van der Waals surface area contributed by atoms with Gasteiger partial charge in [0.05, 0.1) is 0 Å². The lowest BCUT2D eigenvalue weighted by Crippen LogP contribution is -2.53. The van der Waals surface area contributed by atoms with Crippen molar-refractivity contribution in [2.24, 2.45) is 0 Å². The summed E-state index contributed by atoms with van der Waals surface area (Å²) in [6, 6.07) is 0.221. The topological polar surface area (TPSA) is 58.2 Å². The third-order valence-corrected chi connectivity index (χ3v) is 8.16. The third kappa shape index (κ3) is 18.2. The van der Waals surface area contributed by atoms with E-state index >= 15 is 0 Å². The van der Waals surface area contributed by atoms with Gasteiger partial charge >= 0.3 is 0 Å². The predicted molar refractivity (Wildman–Crippen MR) is 153 cm³/mol. The smallest absolute Gasteiger partial charge is 0.220 e. The Labute approximate surface area is 227 Å². The summed E-state index contributed by atoms with van der Waals surface area (Å²) in [7, 11) is 0. The highest BCUT2D eigenvalue weighted by atomic mass is 79.9. The van der Waals surface area contributed by atoms with Crippen molar-refractivity contribution in [1.82, 2.24) is 10.6 Å². The molecule has 6 heteroatoms. The summed E-state index contributed by atoms with van der Waals surface area (Å²) in [4.78, 5) is 24.9. The molecule has 0 aliphatic heterocycles. The first-order chi connectivity index (χ1) is 16.7. The molecule has 0 aromatic heterocycles. The fourth-order valence-corrected chi connectivity index (χ4v) is 5.71. The van der Waals surface area contributed by atoms with Crippen LogP contribution in [0.3, 0.4) is 0 Å². The van der Waals surface area contributed by atoms with Gasteiger partial charge in [-0.15, -0.1) is 0 Å². The molecule has 34 heavy (non-hydrogen) atoms. The minimum absolute atomic E-state index is 0.110. The first kappa shape index (κ1) is 31.9. The van der Waals surface area contributed by atoms with Crippen LogP contribution in [0.1, 0.15) is 141 Å². The van der Waals surface area contributed by atoms with Gasteiger partial charge < -0.3 is 10.6 Å². The molecule has 0 heterocycles. The molecule has 0 aromatic carbocycles. The van der Waals surface area contributed by atoms with Crippen LogP contribution in [0.2, 0.25) is 0 Å². The van der Waals surface area contributed by atoms with Gasteiger partial charge in [0.15, 0.2) is 0 Å². The van der Waals surface area contributed by atoms with Crippen LogP contribution in [0.15, 0.2) is 0 Å². The average Bonchev–Trinajstić information content (AvgIpc) is 2.83. The highest BCUT2D eigenvalue weighted by molar-refractivity contribution is 9.09. The number of hydrogen-bond acceptors (Lipinski definition) is 2. The molecule has 2 N–H and O–H groups in total. The monoisotopic (exact) mass is 606 g/mol. The van der Waals surface area contributed by atoms with Crippen LogP contribution in [0.5, 0.6) is 0 Å². The second-order valence-electron chi connectivity index (χ2n) is 10.2. The van der Waals surface area contributed by atoms with E-state index in [2.05, 4.69) is 42.5 Å². The Bertz CT molecular complexity index is 461. The summed E-state index contributed by atoms with van der Waals surface area (Å²) >= 11 is 6.96. The van der Waals surface area contributed by atoms with Crippen molar-refractivity contribution < 1.29 is 9.59 Å². The number of halogens is 2. The summed E-state index contributed by atoms with van der Waals surface area (Å²) < 4.78 is 0. The predicted octanol–water partition coefficient (Wildman–Crippen LogP) is 8.34. The van der Waals surface area contributed by atoms with Gasteiger partial charge in [-0.2, -0.15) is 0 Å². The second-order valence-corrected chi connectivity index (χ2v) is 11.8. The molecule has 0 unspecified atom stereocenters. The Hall–Kier alpha value is -0.100. The van der Waals surface area contributed by atoms with Crippen LogP contribution in [-0.2, 0) is 9.59 Å². The van der Waals surface area contributed by atoms with E-state index in [4.69, 9.17) is 0 Å². The van der Waals surface area contributed by atoms with E-state index in [9.17, 15) is 9.59 Å². The zero-order valence-corrected chi connectivity index (χ0v) is 24.9. The molecule has 2 amide bonds. The Morgan fingerprint density at radius 1 is 0.500 bits per heavy atom. The quantitative estimate of drug-likeness (QED) is 0.0959. The van der Waals surface area contributed by atoms with Gasteiger partial charge in [0.25, 0.3) is 0 Å². The molecule has 4 nitrogen and oxygen atoms in total. The summed E-state index contributed by atoms with van der Waals surface area (Å²) in [5.74, 6) is 0.333. The molecule has 1 aliphatic carbocycles. The number of alkyl halides is 2. The summed E-state index contributed by atoms with van der Waals surface area (Å²) in [6.07, 6.45) is 25.3. The number of carbonyl (C=O) groups excluding carboxylic acids is 2. The van der Waals surface area contributed by atoms with Crippen LogP contribution in [0, 0.1) is 0 Å². The van der Waals surface area contributed by atoms with E-state index in [1.807, 2.05) is 0 Å². The molecule has 1 saturated carbocycles. The Morgan fingerprint density at radius 2 is 0.794 bits per heavy atom. The highest BCUT2D eigenvalue weighted by Crippen LogP contribution is 2.20. The van der Waals surface area contributed by atoms with E-state index in [0.717, 1.165) is 62.0 Å². The highest BCUT2D eigenvalue weighted by Gasteiger charge is 2.27. The number of hydrogen-bond donors (Lipinski definition) is 2. The zero-order chi connectivity index (χ0) is 24.7. The molecule has 0 bridgehead atoms. The first-order valence-corrected chi connectivity index (χ1v) is 16.6. The van der Waals surface area contributed by atoms with Crippen molar-refractivity contribution in [3.8, 4) is 0 Å². The average molecular weight is 609 g/mol. The fourth-order valence-electron chi connectivity index (χ4n) is 4.92. The Balaban J connectivity index is 2.10. The molecular formula is C28H52Br2N2O2. The number of rotatable bonds is 22. The molecule has 0 aromatic rings. The van der Waals surface area contributed by atoms with Crippen LogP contribution in [-0.4, -0.2) is 34.6 Å². The van der Waals surface area contributed by atoms with Gasteiger partial charge in [-0.3, -0.25) is 9.59 Å². The lowest BCUT2D eigenvalue weighted by atomic mass is 9.90. The molecule has 1 fully saturated rings. The number of amides is 2. The summed E-state index contributed by atoms with van der Waals surface area (Å²) in [5.41, 5.74) is 0. The van der Waals surface area contributed by atoms with Crippen LogP contribution < -0.4 is 10.6 Å². The summed E-state index contributed by atoms with van der Waals surface area (Å²) in [6.45, 7) is 0. The van der Waals surface area contributed by atoms with Gasteiger partial charge in [0.1, 0.15) is 0 Å². The van der Waals surface area contributed by atoms with Crippen molar-refractivity contribution in [3.63, 3.8) is 0 Å². The molecule has 0 spiro atoms. The normalized spacial score (nSPS) is 18.1. The van der Waals surface area contributed by atoms with Crippen LogP contribution >= 0.6 is 31.9 Å². The van der Waals surface area contributed by atoms with Gasteiger partial charge in [-0.1, -0.05) is 122 Å². The second kappa shape index (κ2) is 23.3. The first-order valence-electron chi connectivity index (χ1n) is 14.4. The molecule has 1 rings (SSSR count). The minimum atomic E-state index is 0.110. The van der Waals surface area contributed by atoms with E-state index in [1.54, 1.807) is 0 Å². The van der Waals surface area contributed by atoms with Crippen molar-refractivity contribution in [2.75, 3.05) is 10.7 Å². The van der Waals surface area contributed by atoms with E-state index in [1.165, 1.54) is 77.0 Å². The molecular weight excluding hydrogens is 556 g/mol. The fraction of sp³-hybridized carbons (Fsp3) is 0.929. The van der Waals surface area contributed by atoms with Gasteiger partial charge in [-0.05, 0) is 38.5 Å². The van der Waals surface area contributed by atoms with Gasteiger partial charge in [-0.25, -0.2) is 0 Å². The molecule has 200 valence electrons.